The second-order valence-electron chi connectivity index (χ2n) is 8.21. The fraction of sp³-hybridized carbons (Fsp3) is 0.571. The number of aldehydes is 1. The van der Waals surface area contributed by atoms with E-state index in [-0.39, 0.29) is 42.1 Å². The smallest absolute Gasteiger partial charge is 0.308 e. The van der Waals surface area contributed by atoms with E-state index in [9.17, 15) is 14.4 Å². The van der Waals surface area contributed by atoms with Crippen LogP contribution < -0.4 is 10.6 Å². The van der Waals surface area contributed by atoms with Gasteiger partial charge in [0.2, 0.25) is 5.88 Å². The minimum atomic E-state index is -0.664. The largest absolute Gasteiger partial charge is 0.480 e. The lowest BCUT2D eigenvalue weighted by atomic mass is 10.0. The van der Waals surface area contributed by atoms with Gasteiger partial charge >= 0.3 is 11.9 Å². The average molecular weight is 448 g/mol. The van der Waals surface area contributed by atoms with E-state index >= 15 is 0 Å². The number of rotatable bonds is 8. The Balaban J connectivity index is 1.93. The zero-order chi connectivity index (χ0) is 23.6. The average Bonchev–Trinajstić information content (AvgIpc) is 3.31. The van der Waals surface area contributed by atoms with E-state index in [1.165, 1.54) is 11.8 Å². The van der Waals surface area contributed by atoms with Gasteiger partial charge in [0, 0.05) is 18.2 Å². The van der Waals surface area contributed by atoms with Gasteiger partial charge in [0.1, 0.15) is 18.8 Å². The van der Waals surface area contributed by atoms with Crippen molar-refractivity contribution in [3.05, 3.63) is 17.6 Å². The number of methoxy groups -OCH3 is 1. The molecule has 1 saturated heterocycles. The highest BCUT2D eigenvalue weighted by Crippen LogP contribution is 2.40. The van der Waals surface area contributed by atoms with Crippen LogP contribution in [0.3, 0.4) is 0 Å². The van der Waals surface area contributed by atoms with Crippen molar-refractivity contribution in [2.75, 3.05) is 19.6 Å². The van der Waals surface area contributed by atoms with Crippen molar-refractivity contribution >= 4 is 29.3 Å². The summed E-state index contributed by atoms with van der Waals surface area (Å²) in [7, 11) is 1.42. The molecule has 2 N–H and O–H groups in total. The minimum Gasteiger partial charge on any atom is -0.480 e. The number of nitrogens with zero attached hydrogens (tertiary/aromatic N) is 3. The molecule has 11 heteroatoms. The Bertz CT molecular complexity index is 1020. The Kier molecular flexibility index (Phi) is 6.97. The number of nitrogen functional groups attached to an aromatic ring is 1. The molecule has 1 aliphatic heterocycles. The Labute approximate surface area is 185 Å². The molecule has 32 heavy (non-hydrogen) atoms. The lowest BCUT2D eigenvalue weighted by molar-refractivity contribution is -0.161. The van der Waals surface area contributed by atoms with Crippen LogP contribution in [0.15, 0.2) is 6.20 Å². The highest BCUT2D eigenvalue weighted by molar-refractivity contribution is 5.88. The standard InChI is InChI=1S/C21H28N4O7/c1-10(2)20(27)30-9-15-14(32-21(28)11(3)4)6-13(31-15)12-7-25(22)18-17(12)19(29-5)24-16(8-26)23-18/h7-8,10-11,13-15H,6,9,22H2,1-5H3/t13-,14-,15+/m0/s1. The molecule has 0 radical (unpaired) electrons. The number of hydrogen-bond donors (Lipinski definition) is 1. The molecule has 3 rings (SSSR count). The Morgan fingerprint density at radius 2 is 1.94 bits per heavy atom. The number of ether oxygens (including phenoxy) is 4. The van der Waals surface area contributed by atoms with Crippen LogP contribution in [0.25, 0.3) is 11.0 Å². The summed E-state index contributed by atoms with van der Waals surface area (Å²) < 4.78 is 23.7. The predicted molar refractivity (Wildman–Crippen MR) is 112 cm³/mol. The first-order chi connectivity index (χ1) is 15.2. The summed E-state index contributed by atoms with van der Waals surface area (Å²) in [5, 5.41) is 0.486. The minimum absolute atomic E-state index is 0.0618. The van der Waals surface area contributed by atoms with Gasteiger partial charge in [0.25, 0.3) is 0 Å². The Morgan fingerprint density at radius 3 is 2.53 bits per heavy atom. The maximum atomic E-state index is 12.2. The van der Waals surface area contributed by atoms with Crippen LogP contribution in [0.5, 0.6) is 5.88 Å². The summed E-state index contributed by atoms with van der Waals surface area (Å²) in [6.07, 6.45) is 0.552. The zero-order valence-electron chi connectivity index (χ0n) is 18.7. The van der Waals surface area contributed by atoms with E-state index in [0.717, 1.165) is 0 Å². The van der Waals surface area contributed by atoms with Crippen LogP contribution in [0, 0.1) is 11.8 Å². The van der Waals surface area contributed by atoms with Crippen molar-refractivity contribution in [3.63, 3.8) is 0 Å². The third-order valence-electron chi connectivity index (χ3n) is 5.13. The van der Waals surface area contributed by atoms with E-state index in [2.05, 4.69) is 9.97 Å². The number of carbonyl (C=O) groups excluding carboxylic acids is 3. The van der Waals surface area contributed by atoms with Crippen molar-refractivity contribution in [3.8, 4) is 5.88 Å². The monoisotopic (exact) mass is 448 g/mol. The van der Waals surface area contributed by atoms with Crippen LogP contribution in [0.1, 0.15) is 56.4 Å². The van der Waals surface area contributed by atoms with Gasteiger partial charge in [-0.1, -0.05) is 27.7 Å². The topological polar surface area (TPSA) is 145 Å². The molecule has 3 heterocycles. The molecule has 0 aromatic carbocycles. The molecular weight excluding hydrogens is 420 g/mol. The molecule has 0 saturated carbocycles. The van der Waals surface area contributed by atoms with Gasteiger partial charge in [0.05, 0.1) is 30.4 Å². The first-order valence-electron chi connectivity index (χ1n) is 10.4. The number of nitrogens with two attached hydrogens (primary N) is 1. The van der Waals surface area contributed by atoms with Gasteiger partial charge < -0.3 is 24.8 Å². The van der Waals surface area contributed by atoms with E-state index in [1.54, 1.807) is 33.9 Å². The number of fused-ring (bicyclic) bond motifs is 1. The maximum absolute atomic E-state index is 12.2. The third kappa shape index (κ3) is 4.67. The molecule has 11 nitrogen and oxygen atoms in total. The molecule has 174 valence electrons. The van der Waals surface area contributed by atoms with Crippen LogP contribution in [0.2, 0.25) is 0 Å². The van der Waals surface area contributed by atoms with E-state index in [0.29, 0.717) is 29.3 Å². The molecule has 1 fully saturated rings. The first kappa shape index (κ1) is 23.5. The molecule has 2 aromatic heterocycles. The predicted octanol–water partition coefficient (Wildman–Crippen LogP) is 1.56. The van der Waals surface area contributed by atoms with Gasteiger partial charge in [-0.2, -0.15) is 4.98 Å². The summed E-state index contributed by atoms with van der Waals surface area (Å²) in [5.74, 6) is 4.79. The maximum Gasteiger partial charge on any atom is 0.308 e. The fourth-order valence-electron chi connectivity index (χ4n) is 3.41. The van der Waals surface area contributed by atoms with Crippen molar-refractivity contribution < 1.29 is 33.3 Å². The molecule has 2 aromatic rings. The molecule has 0 bridgehead atoms. The highest BCUT2D eigenvalue weighted by Gasteiger charge is 2.41. The van der Waals surface area contributed by atoms with Gasteiger partial charge in [-0.15, -0.1) is 0 Å². The lowest BCUT2D eigenvalue weighted by Gasteiger charge is -2.20. The van der Waals surface area contributed by atoms with Gasteiger partial charge in [0.15, 0.2) is 17.8 Å². The highest BCUT2D eigenvalue weighted by atomic mass is 16.6. The molecule has 0 unspecified atom stereocenters. The Hall–Kier alpha value is -3.21. The SMILES string of the molecule is COc1nc(C=O)nc2c1c([C@@H]1C[C@H](OC(=O)C(C)C)[C@@H](COC(=O)C(C)C)O1)cn2N. The zero-order valence-corrected chi connectivity index (χ0v) is 18.7. The second kappa shape index (κ2) is 9.51. The number of aromatic nitrogens is 3. The van der Waals surface area contributed by atoms with Crippen LogP contribution in [-0.4, -0.2) is 58.8 Å². The van der Waals surface area contributed by atoms with Crippen molar-refractivity contribution in [1.82, 2.24) is 14.6 Å². The van der Waals surface area contributed by atoms with Crippen LogP contribution >= 0.6 is 0 Å². The van der Waals surface area contributed by atoms with Crippen molar-refractivity contribution in [1.29, 1.82) is 0 Å². The van der Waals surface area contributed by atoms with E-state index in [1.807, 2.05) is 0 Å². The molecule has 0 amide bonds. The second-order valence-corrected chi connectivity index (χ2v) is 8.21. The molecule has 0 spiro atoms. The molecule has 3 atom stereocenters. The number of carbonyl (C=O) groups is 3. The van der Waals surface area contributed by atoms with E-state index in [4.69, 9.17) is 24.8 Å². The van der Waals surface area contributed by atoms with Crippen LogP contribution in [-0.2, 0) is 23.8 Å². The summed E-state index contributed by atoms with van der Waals surface area (Å²) in [6, 6.07) is 0. The fourth-order valence-corrected chi connectivity index (χ4v) is 3.41. The molecular formula is C21H28N4O7. The summed E-state index contributed by atoms with van der Waals surface area (Å²) in [5.41, 5.74) is 0.906. The summed E-state index contributed by atoms with van der Waals surface area (Å²) >= 11 is 0. The van der Waals surface area contributed by atoms with Gasteiger partial charge in [-0.25, -0.2) is 4.98 Å². The number of hydrogen-bond acceptors (Lipinski definition) is 10. The van der Waals surface area contributed by atoms with Gasteiger partial charge in [-0.05, 0) is 0 Å². The quantitative estimate of drug-likeness (QED) is 0.359. The third-order valence-corrected chi connectivity index (χ3v) is 5.13. The molecule has 0 aliphatic carbocycles. The van der Waals surface area contributed by atoms with E-state index < -0.39 is 18.3 Å². The van der Waals surface area contributed by atoms with Crippen molar-refractivity contribution in [2.45, 2.75) is 52.4 Å². The lowest BCUT2D eigenvalue weighted by Crippen LogP contribution is -2.33. The van der Waals surface area contributed by atoms with Gasteiger partial charge in [-0.3, -0.25) is 19.1 Å². The number of esters is 2. The van der Waals surface area contributed by atoms with Crippen molar-refractivity contribution in [2.24, 2.45) is 11.8 Å². The first-order valence-corrected chi connectivity index (χ1v) is 10.4. The van der Waals surface area contributed by atoms with Crippen LogP contribution in [0.4, 0.5) is 0 Å². The summed E-state index contributed by atoms with van der Waals surface area (Å²) in [4.78, 5) is 43.6. The normalized spacial score (nSPS) is 20.7. The Morgan fingerprint density at radius 1 is 1.25 bits per heavy atom. The summed E-state index contributed by atoms with van der Waals surface area (Å²) in [6.45, 7) is 6.87. The molecule has 1 aliphatic rings.